The summed E-state index contributed by atoms with van der Waals surface area (Å²) in [6.07, 6.45) is -4.50. The molecule has 0 atom stereocenters. The number of benzene rings is 3. The van der Waals surface area contributed by atoms with Crippen LogP contribution in [0.5, 0.6) is 11.5 Å². The predicted octanol–water partition coefficient (Wildman–Crippen LogP) is 6.04. The van der Waals surface area contributed by atoms with Crippen molar-refractivity contribution in [1.82, 2.24) is 0 Å². The Bertz CT molecular complexity index is 910. The monoisotopic (exact) mass is 339 g/mol. The van der Waals surface area contributed by atoms with Gasteiger partial charge in [0.25, 0.3) is 0 Å². The quantitative estimate of drug-likeness (QED) is 0.583. The van der Waals surface area contributed by atoms with Crippen LogP contribution in [0.2, 0.25) is 0 Å². The van der Waals surface area contributed by atoms with E-state index in [9.17, 15) is 13.2 Å². The molecular weight excluding hydrogens is 327 g/mol. The van der Waals surface area contributed by atoms with E-state index in [4.69, 9.17) is 10.00 Å². The number of hydrogen-bond donors (Lipinski definition) is 0. The zero-order valence-corrected chi connectivity index (χ0v) is 12.9. The zero-order chi connectivity index (χ0) is 17.9. The average molecular weight is 339 g/mol. The molecule has 0 amide bonds. The third-order valence-corrected chi connectivity index (χ3v) is 3.60. The first-order valence-corrected chi connectivity index (χ1v) is 7.42. The number of ether oxygens (including phenoxy) is 1. The zero-order valence-electron chi connectivity index (χ0n) is 12.9. The fraction of sp³-hybridized carbons (Fsp3) is 0.0500. The van der Waals surface area contributed by atoms with Gasteiger partial charge in [-0.25, -0.2) is 0 Å². The van der Waals surface area contributed by atoms with Crippen molar-refractivity contribution in [3.05, 3.63) is 83.9 Å². The summed E-state index contributed by atoms with van der Waals surface area (Å²) in [5, 5.41) is 8.77. The normalized spacial score (nSPS) is 11.0. The van der Waals surface area contributed by atoms with Gasteiger partial charge in [-0.15, -0.1) is 0 Å². The molecule has 124 valence electrons. The van der Waals surface area contributed by atoms with Crippen molar-refractivity contribution in [3.8, 4) is 28.7 Å². The van der Waals surface area contributed by atoms with E-state index in [0.717, 1.165) is 6.07 Å². The Kier molecular flexibility index (Phi) is 4.44. The van der Waals surface area contributed by atoms with Gasteiger partial charge in [-0.05, 0) is 47.5 Å². The number of alkyl halides is 3. The van der Waals surface area contributed by atoms with E-state index in [0.29, 0.717) is 16.9 Å². The highest BCUT2D eigenvalue weighted by Crippen LogP contribution is 2.39. The van der Waals surface area contributed by atoms with Crippen LogP contribution in [0, 0.1) is 11.3 Å². The maximum absolute atomic E-state index is 13.5. The molecule has 25 heavy (non-hydrogen) atoms. The highest BCUT2D eigenvalue weighted by atomic mass is 19.4. The summed E-state index contributed by atoms with van der Waals surface area (Å²) in [5.41, 5.74) is 0.271. The molecule has 0 heterocycles. The van der Waals surface area contributed by atoms with Gasteiger partial charge in [-0.2, -0.15) is 18.4 Å². The van der Waals surface area contributed by atoms with Crippen LogP contribution in [0.15, 0.2) is 72.8 Å². The fourth-order valence-corrected chi connectivity index (χ4v) is 2.42. The summed E-state index contributed by atoms with van der Waals surface area (Å²) < 4.78 is 45.9. The van der Waals surface area contributed by atoms with Gasteiger partial charge in [0, 0.05) is 0 Å². The second kappa shape index (κ2) is 6.70. The van der Waals surface area contributed by atoms with Gasteiger partial charge in [0.05, 0.1) is 17.2 Å². The van der Waals surface area contributed by atoms with Gasteiger partial charge in [0.1, 0.15) is 11.5 Å². The van der Waals surface area contributed by atoms with Gasteiger partial charge in [0.15, 0.2) is 0 Å². The molecular formula is C20H12F3NO. The van der Waals surface area contributed by atoms with Gasteiger partial charge in [-0.1, -0.05) is 36.4 Å². The first kappa shape index (κ1) is 16.6. The molecule has 0 radical (unpaired) electrons. The molecule has 0 aliphatic heterocycles. The van der Waals surface area contributed by atoms with Gasteiger partial charge in [-0.3, -0.25) is 0 Å². The first-order chi connectivity index (χ1) is 12.0. The largest absolute Gasteiger partial charge is 0.457 e. The Morgan fingerprint density at radius 2 is 1.44 bits per heavy atom. The lowest BCUT2D eigenvalue weighted by Crippen LogP contribution is -2.07. The van der Waals surface area contributed by atoms with E-state index in [1.165, 1.54) is 24.3 Å². The van der Waals surface area contributed by atoms with Crippen molar-refractivity contribution < 1.29 is 17.9 Å². The van der Waals surface area contributed by atoms with Crippen molar-refractivity contribution in [1.29, 1.82) is 5.26 Å². The molecule has 2 nitrogen and oxygen atoms in total. The van der Waals surface area contributed by atoms with Crippen molar-refractivity contribution >= 4 is 0 Å². The van der Waals surface area contributed by atoms with Gasteiger partial charge >= 0.3 is 6.18 Å². The highest BCUT2D eigenvalue weighted by Gasteiger charge is 2.34. The van der Waals surface area contributed by atoms with Crippen LogP contribution in [0.25, 0.3) is 11.1 Å². The molecule has 0 aliphatic rings. The number of halogens is 3. The maximum Gasteiger partial charge on any atom is 0.417 e. The Labute approximate surface area is 142 Å². The smallest absolute Gasteiger partial charge is 0.417 e. The third kappa shape index (κ3) is 3.81. The molecule has 0 saturated heterocycles. The minimum atomic E-state index is -4.50. The van der Waals surface area contributed by atoms with E-state index < -0.39 is 11.7 Å². The lowest BCUT2D eigenvalue weighted by Gasteiger charge is -2.15. The summed E-state index contributed by atoms with van der Waals surface area (Å²) in [6, 6.07) is 20.4. The van der Waals surface area contributed by atoms with Crippen LogP contribution in [-0.4, -0.2) is 0 Å². The second-order valence-electron chi connectivity index (χ2n) is 5.31. The summed E-state index contributed by atoms with van der Waals surface area (Å²) in [4.78, 5) is 0. The van der Waals surface area contributed by atoms with Crippen molar-refractivity contribution in [2.45, 2.75) is 6.18 Å². The highest BCUT2D eigenvalue weighted by molar-refractivity contribution is 5.69. The van der Waals surface area contributed by atoms with Crippen LogP contribution in [-0.2, 0) is 6.18 Å². The van der Waals surface area contributed by atoms with Crippen molar-refractivity contribution in [2.24, 2.45) is 0 Å². The molecule has 0 fully saturated rings. The topological polar surface area (TPSA) is 33.0 Å². The molecule has 3 aromatic rings. The SMILES string of the molecule is N#Cc1ccc(Oc2ccc(-c3ccccc3)c(C(F)(F)F)c2)cc1. The maximum atomic E-state index is 13.5. The fourth-order valence-electron chi connectivity index (χ4n) is 2.42. The Morgan fingerprint density at radius 1 is 0.800 bits per heavy atom. The third-order valence-electron chi connectivity index (χ3n) is 3.60. The van der Waals surface area contributed by atoms with Crippen LogP contribution in [0.4, 0.5) is 13.2 Å². The van der Waals surface area contributed by atoms with Crippen molar-refractivity contribution in [3.63, 3.8) is 0 Å². The second-order valence-corrected chi connectivity index (χ2v) is 5.31. The van der Waals surface area contributed by atoms with Gasteiger partial charge in [0.2, 0.25) is 0 Å². The number of nitriles is 1. The van der Waals surface area contributed by atoms with E-state index in [2.05, 4.69) is 0 Å². The molecule has 3 aromatic carbocycles. The predicted molar refractivity (Wildman–Crippen MR) is 88.1 cm³/mol. The van der Waals surface area contributed by atoms with E-state index in [1.54, 1.807) is 42.5 Å². The molecule has 0 aromatic heterocycles. The summed E-state index contributed by atoms with van der Waals surface area (Å²) in [6.45, 7) is 0. The minimum absolute atomic E-state index is 0.0803. The van der Waals surface area contributed by atoms with E-state index in [-0.39, 0.29) is 11.3 Å². The molecule has 0 N–H and O–H groups in total. The van der Waals surface area contributed by atoms with Crippen LogP contribution >= 0.6 is 0 Å². The summed E-state index contributed by atoms with van der Waals surface area (Å²) >= 11 is 0. The standard InChI is InChI=1S/C20H12F3NO/c21-20(22,23)19-12-17(25-16-8-6-14(13-24)7-9-16)10-11-18(19)15-4-2-1-3-5-15/h1-12H. The Hall–Kier alpha value is -3.26. The molecule has 5 heteroatoms. The first-order valence-electron chi connectivity index (χ1n) is 7.42. The summed E-state index contributed by atoms with van der Waals surface area (Å²) in [7, 11) is 0. The van der Waals surface area contributed by atoms with E-state index in [1.807, 2.05) is 6.07 Å². The lowest BCUT2D eigenvalue weighted by atomic mass is 9.99. The molecule has 0 bridgehead atoms. The Morgan fingerprint density at radius 3 is 2.04 bits per heavy atom. The van der Waals surface area contributed by atoms with Crippen LogP contribution in [0.3, 0.4) is 0 Å². The number of rotatable bonds is 3. The van der Waals surface area contributed by atoms with Crippen LogP contribution in [0.1, 0.15) is 11.1 Å². The lowest BCUT2D eigenvalue weighted by molar-refractivity contribution is -0.137. The Balaban J connectivity index is 1.98. The molecule has 0 aliphatic carbocycles. The average Bonchev–Trinajstić information content (AvgIpc) is 2.62. The van der Waals surface area contributed by atoms with Crippen LogP contribution < -0.4 is 4.74 Å². The minimum Gasteiger partial charge on any atom is -0.457 e. The number of nitrogens with zero attached hydrogens (tertiary/aromatic N) is 1. The number of hydrogen-bond acceptors (Lipinski definition) is 2. The molecule has 0 unspecified atom stereocenters. The summed E-state index contributed by atoms with van der Waals surface area (Å²) in [5.74, 6) is 0.441. The molecule has 0 spiro atoms. The van der Waals surface area contributed by atoms with E-state index >= 15 is 0 Å². The molecule has 3 rings (SSSR count). The van der Waals surface area contributed by atoms with Gasteiger partial charge < -0.3 is 4.74 Å². The molecule has 0 saturated carbocycles. The van der Waals surface area contributed by atoms with Crippen molar-refractivity contribution in [2.75, 3.05) is 0 Å².